The average Bonchev–Trinajstić information content (AvgIpc) is 2.77. The van der Waals surface area contributed by atoms with Crippen molar-refractivity contribution in [2.24, 2.45) is 0 Å². The molecule has 1 aliphatic carbocycles. The van der Waals surface area contributed by atoms with Crippen molar-refractivity contribution in [3.63, 3.8) is 0 Å². The van der Waals surface area contributed by atoms with E-state index >= 15 is 0 Å². The first-order chi connectivity index (χ1) is 9.31. The Bertz CT molecular complexity index is 605. The molecule has 3 rings (SSSR count). The number of fused-ring (bicyclic) bond motifs is 1. The van der Waals surface area contributed by atoms with Crippen molar-refractivity contribution >= 4 is 6.08 Å². The number of hydrogen-bond acceptors (Lipinski definition) is 0. The van der Waals surface area contributed by atoms with Crippen LogP contribution in [0.3, 0.4) is 0 Å². The molecule has 2 aromatic carbocycles. The van der Waals surface area contributed by atoms with Crippen LogP contribution in [-0.2, 0) is 0 Å². The number of benzene rings is 2. The lowest BCUT2D eigenvalue weighted by Crippen LogP contribution is -1.97. The summed E-state index contributed by atoms with van der Waals surface area (Å²) in [7, 11) is 0. The lowest BCUT2D eigenvalue weighted by molar-refractivity contribution is 0.726. The SMILES string of the molecule is [CH2]CCC1C(C)=Cc2c(-c3ccccc3)cccc21. The van der Waals surface area contributed by atoms with Crippen molar-refractivity contribution in [3.05, 3.63) is 72.2 Å². The highest BCUT2D eigenvalue weighted by molar-refractivity contribution is 5.81. The highest BCUT2D eigenvalue weighted by Gasteiger charge is 2.23. The van der Waals surface area contributed by atoms with E-state index < -0.39 is 0 Å². The molecule has 0 nitrogen and oxygen atoms in total. The second kappa shape index (κ2) is 5.05. The van der Waals surface area contributed by atoms with E-state index in [0.29, 0.717) is 5.92 Å². The van der Waals surface area contributed by atoms with Crippen molar-refractivity contribution in [3.8, 4) is 11.1 Å². The second-order valence-electron chi connectivity index (χ2n) is 5.26. The van der Waals surface area contributed by atoms with Crippen LogP contribution >= 0.6 is 0 Å². The Morgan fingerprint density at radius 1 is 1.00 bits per heavy atom. The van der Waals surface area contributed by atoms with E-state index in [1.807, 2.05) is 0 Å². The molecular weight excluding hydrogens is 228 g/mol. The molecule has 0 N–H and O–H groups in total. The largest absolute Gasteiger partial charge is 0.0652 e. The number of allylic oxidation sites excluding steroid dienone is 1. The van der Waals surface area contributed by atoms with Crippen molar-refractivity contribution in [1.82, 2.24) is 0 Å². The molecule has 0 saturated heterocycles. The predicted molar refractivity (Wildman–Crippen MR) is 82.9 cm³/mol. The summed E-state index contributed by atoms with van der Waals surface area (Å²) in [5, 5.41) is 0. The molecule has 1 aliphatic rings. The van der Waals surface area contributed by atoms with E-state index in [4.69, 9.17) is 0 Å². The zero-order valence-electron chi connectivity index (χ0n) is 11.4. The minimum absolute atomic E-state index is 0.566. The minimum Gasteiger partial charge on any atom is -0.0652 e. The molecule has 19 heavy (non-hydrogen) atoms. The van der Waals surface area contributed by atoms with Gasteiger partial charge in [-0.15, -0.1) is 0 Å². The number of rotatable bonds is 3. The van der Waals surface area contributed by atoms with E-state index in [1.54, 1.807) is 0 Å². The van der Waals surface area contributed by atoms with Crippen LogP contribution < -0.4 is 0 Å². The predicted octanol–water partition coefficient (Wildman–Crippen LogP) is 5.47. The quantitative estimate of drug-likeness (QED) is 0.674. The van der Waals surface area contributed by atoms with Crippen LogP contribution in [0.2, 0.25) is 0 Å². The minimum atomic E-state index is 0.566. The molecule has 0 amide bonds. The smallest absolute Gasteiger partial charge is 0.00548 e. The lowest BCUT2D eigenvalue weighted by atomic mass is 9.90. The zero-order chi connectivity index (χ0) is 13.2. The monoisotopic (exact) mass is 247 g/mol. The Morgan fingerprint density at radius 3 is 2.53 bits per heavy atom. The summed E-state index contributed by atoms with van der Waals surface area (Å²) in [6.45, 7) is 6.26. The van der Waals surface area contributed by atoms with Crippen molar-refractivity contribution in [1.29, 1.82) is 0 Å². The third kappa shape index (κ3) is 2.12. The van der Waals surface area contributed by atoms with Gasteiger partial charge in [0.2, 0.25) is 0 Å². The van der Waals surface area contributed by atoms with Gasteiger partial charge in [0.1, 0.15) is 0 Å². The van der Waals surface area contributed by atoms with E-state index in [9.17, 15) is 0 Å². The van der Waals surface area contributed by atoms with Crippen LogP contribution in [0, 0.1) is 6.92 Å². The normalized spacial score (nSPS) is 17.2. The molecule has 0 bridgehead atoms. The van der Waals surface area contributed by atoms with E-state index in [-0.39, 0.29) is 0 Å². The Balaban J connectivity index is 2.12. The molecule has 0 heteroatoms. The van der Waals surface area contributed by atoms with Gasteiger partial charge in [0, 0.05) is 5.92 Å². The van der Waals surface area contributed by atoms with Gasteiger partial charge in [0.25, 0.3) is 0 Å². The van der Waals surface area contributed by atoms with Crippen LogP contribution in [0.25, 0.3) is 17.2 Å². The summed E-state index contributed by atoms with van der Waals surface area (Å²) < 4.78 is 0. The third-order valence-corrected chi connectivity index (χ3v) is 4.01. The molecule has 0 heterocycles. The Kier molecular flexibility index (Phi) is 3.25. The van der Waals surface area contributed by atoms with Crippen molar-refractivity contribution in [2.45, 2.75) is 25.7 Å². The molecule has 0 aliphatic heterocycles. The maximum absolute atomic E-state index is 4.01. The first-order valence-corrected chi connectivity index (χ1v) is 6.97. The third-order valence-electron chi connectivity index (χ3n) is 4.01. The second-order valence-corrected chi connectivity index (χ2v) is 5.26. The molecule has 0 fully saturated rings. The maximum atomic E-state index is 4.01. The van der Waals surface area contributed by atoms with Crippen LogP contribution in [0.15, 0.2) is 54.1 Å². The first-order valence-electron chi connectivity index (χ1n) is 6.97. The fourth-order valence-corrected chi connectivity index (χ4v) is 3.08. The molecular formula is C19H19. The van der Waals surface area contributed by atoms with Gasteiger partial charge in [0.15, 0.2) is 0 Å². The van der Waals surface area contributed by atoms with Crippen molar-refractivity contribution in [2.75, 3.05) is 0 Å². The van der Waals surface area contributed by atoms with Gasteiger partial charge >= 0.3 is 0 Å². The van der Waals surface area contributed by atoms with Gasteiger partial charge in [0.05, 0.1) is 0 Å². The molecule has 1 radical (unpaired) electrons. The van der Waals surface area contributed by atoms with Gasteiger partial charge in [-0.2, -0.15) is 0 Å². The molecule has 1 atom stereocenters. The first kappa shape index (κ1) is 12.2. The van der Waals surface area contributed by atoms with Crippen LogP contribution in [0.5, 0.6) is 0 Å². The molecule has 2 aromatic rings. The highest BCUT2D eigenvalue weighted by Crippen LogP contribution is 2.42. The Labute approximate surface area is 115 Å². The fourth-order valence-electron chi connectivity index (χ4n) is 3.08. The highest BCUT2D eigenvalue weighted by atomic mass is 14.3. The topological polar surface area (TPSA) is 0 Å². The lowest BCUT2D eigenvalue weighted by Gasteiger charge is -2.14. The molecule has 0 aromatic heterocycles. The summed E-state index contributed by atoms with van der Waals surface area (Å²) >= 11 is 0. The van der Waals surface area contributed by atoms with E-state index in [2.05, 4.69) is 68.5 Å². The molecule has 95 valence electrons. The van der Waals surface area contributed by atoms with E-state index in [0.717, 1.165) is 12.8 Å². The summed E-state index contributed by atoms with van der Waals surface area (Å²) in [6.07, 6.45) is 4.50. The van der Waals surface area contributed by atoms with Crippen LogP contribution in [0.1, 0.15) is 36.8 Å². The standard InChI is InChI=1S/C19H19/c1-3-8-16-14(2)13-19-17(11-7-12-18(16)19)15-9-5-4-6-10-15/h4-7,9-13,16H,1,3,8H2,2H3. The Morgan fingerprint density at radius 2 is 1.79 bits per heavy atom. The van der Waals surface area contributed by atoms with Gasteiger partial charge < -0.3 is 0 Å². The van der Waals surface area contributed by atoms with Crippen LogP contribution in [0.4, 0.5) is 0 Å². The summed E-state index contributed by atoms with van der Waals surface area (Å²) in [6, 6.07) is 17.3. The van der Waals surface area contributed by atoms with Gasteiger partial charge in [-0.3, -0.25) is 0 Å². The zero-order valence-corrected chi connectivity index (χ0v) is 11.4. The van der Waals surface area contributed by atoms with Crippen LogP contribution in [-0.4, -0.2) is 0 Å². The summed E-state index contributed by atoms with van der Waals surface area (Å²) in [5.74, 6) is 0.566. The van der Waals surface area contributed by atoms with Gasteiger partial charge in [-0.25, -0.2) is 0 Å². The van der Waals surface area contributed by atoms with Gasteiger partial charge in [-0.1, -0.05) is 73.5 Å². The molecule has 0 spiro atoms. The average molecular weight is 247 g/mol. The number of hydrogen-bond donors (Lipinski definition) is 0. The maximum Gasteiger partial charge on any atom is 0.00548 e. The van der Waals surface area contributed by atoms with Crippen molar-refractivity contribution < 1.29 is 0 Å². The molecule has 1 unspecified atom stereocenters. The fraction of sp³-hybridized carbons (Fsp3) is 0.211. The van der Waals surface area contributed by atoms with Gasteiger partial charge in [-0.05, 0) is 35.6 Å². The Hall–Kier alpha value is -1.82. The summed E-state index contributed by atoms with van der Waals surface area (Å²) in [4.78, 5) is 0. The molecule has 0 saturated carbocycles. The summed E-state index contributed by atoms with van der Waals surface area (Å²) in [5.41, 5.74) is 7.01. The van der Waals surface area contributed by atoms with E-state index in [1.165, 1.54) is 27.8 Å².